The van der Waals surface area contributed by atoms with Crippen LogP contribution >= 0.6 is 11.8 Å². The number of imide groups is 1. The molecule has 27 heavy (non-hydrogen) atoms. The van der Waals surface area contributed by atoms with Gasteiger partial charge in [0.05, 0.1) is 18.6 Å². The van der Waals surface area contributed by atoms with Gasteiger partial charge in [0.1, 0.15) is 6.54 Å². The standard InChI is InChI=1S/C17H17NO8S/c1-3-25-11-6-4-5-10(15(11)26-9-13(19)20)7-12-16(22)18(17(23)27-12)8-14(21)24-2/h4-7H,3,8-9H2,1-2H3,(H,19,20)/b12-7-. The molecule has 144 valence electrons. The average molecular weight is 395 g/mol. The first-order valence-corrected chi connectivity index (χ1v) is 8.61. The molecule has 0 bridgehead atoms. The van der Waals surface area contributed by atoms with Gasteiger partial charge in [-0.25, -0.2) is 4.79 Å². The highest BCUT2D eigenvalue weighted by molar-refractivity contribution is 8.18. The molecule has 0 radical (unpaired) electrons. The minimum Gasteiger partial charge on any atom is -0.490 e. The van der Waals surface area contributed by atoms with E-state index in [0.29, 0.717) is 29.7 Å². The molecule has 2 amide bonds. The first-order chi connectivity index (χ1) is 12.9. The lowest BCUT2D eigenvalue weighted by Gasteiger charge is -2.13. The Morgan fingerprint density at radius 2 is 2.00 bits per heavy atom. The van der Waals surface area contributed by atoms with Crippen LogP contribution in [-0.4, -0.2) is 60.0 Å². The summed E-state index contributed by atoms with van der Waals surface area (Å²) in [6, 6.07) is 4.83. The SMILES string of the molecule is CCOc1cccc(/C=C2\SC(=O)N(CC(=O)OC)C2=O)c1OCC(=O)O. The maximum atomic E-state index is 12.4. The van der Waals surface area contributed by atoms with Crippen LogP contribution in [0.5, 0.6) is 11.5 Å². The van der Waals surface area contributed by atoms with E-state index < -0.39 is 36.2 Å². The number of ether oxygens (including phenoxy) is 3. The van der Waals surface area contributed by atoms with Gasteiger partial charge in [0.25, 0.3) is 11.1 Å². The third kappa shape index (κ3) is 5.00. The summed E-state index contributed by atoms with van der Waals surface area (Å²) >= 11 is 0.659. The molecule has 1 aromatic carbocycles. The van der Waals surface area contributed by atoms with E-state index in [0.717, 1.165) is 12.0 Å². The van der Waals surface area contributed by atoms with E-state index in [1.54, 1.807) is 25.1 Å². The number of amides is 2. The minimum atomic E-state index is -1.18. The van der Waals surface area contributed by atoms with Crippen LogP contribution < -0.4 is 9.47 Å². The van der Waals surface area contributed by atoms with E-state index in [1.807, 2.05) is 0 Å². The summed E-state index contributed by atoms with van der Waals surface area (Å²) in [5.41, 5.74) is 0.366. The molecule has 0 unspecified atom stereocenters. The molecule has 2 rings (SSSR count). The molecule has 1 aliphatic rings. The van der Waals surface area contributed by atoms with Gasteiger partial charge in [0.2, 0.25) is 0 Å². The van der Waals surface area contributed by atoms with E-state index in [-0.39, 0.29) is 10.7 Å². The van der Waals surface area contributed by atoms with Crippen molar-refractivity contribution in [2.75, 3.05) is 26.9 Å². The van der Waals surface area contributed by atoms with Gasteiger partial charge in [-0.3, -0.25) is 19.3 Å². The number of carbonyl (C=O) groups excluding carboxylic acids is 3. The van der Waals surface area contributed by atoms with Gasteiger partial charge in [-0.15, -0.1) is 0 Å². The van der Waals surface area contributed by atoms with Crippen molar-refractivity contribution in [3.8, 4) is 11.5 Å². The van der Waals surface area contributed by atoms with Crippen LogP contribution in [0.15, 0.2) is 23.1 Å². The Kier molecular flexibility index (Phi) is 6.83. The van der Waals surface area contributed by atoms with Crippen molar-refractivity contribution in [1.29, 1.82) is 0 Å². The fourth-order valence-corrected chi connectivity index (χ4v) is 3.00. The molecule has 1 aromatic rings. The lowest BCUT2D eigenvalue weighted by Crippen LogP contribution is -2.34. The number of hydrogen-bond donors (Lipinski definition) is 1. The number of aliphatic carboxylic acids is 1. The van der Waals surface area contributed by atoms with Gasteiger partial charge < -0.3 is 19.3 Å². The van der Waals surface area contributed by atoms with Crippen LogP contribution in [-0.2, 0) is 19.1 Å². The van der Waals surface area contributed by atoms with Gasteiger partial charge in [-0.05, 0) is 30.8 Å². The van der Waals surface area contributed by atoms with Gasteiger partial charge in [-0.2, -0.15) is 0 Å². The molecule has 1 heterocycles. The molecule has 1 saturated heterocycles. The van der Waals surface area contributed by atoms with Crippen LogP contribution in [0.4, 0.5) is 4.79 Å². The Morgan fingerprint density at radius 3 is 2.63 bits per heavy atom. The highest BCUT2D eigenvalue weighted by Gasteiger charge is 2.36. The van der Waals surface area contributed by atoms with Crippen molar-refractivity contribution in [1.82, 2.24) is 4.90 Å². The maximum absolute atomic E-state index is 12.4. The Balaban J connectivity index is 2.35. The summed E-state index contributed by atoms with van der Waals surface area (Å²) < 4.78 is 15.2. The van der Waals surface area contributed by atoms with Crippen LogP contribution in [0.3, 0.4) is 0 Å². The third-order valence-corrected chi connectivity index (χ3v) is 4.23. The Bertz CT molecular complexity index is 804. The molecule has 0 aromatic heterocycles. The molecule has 0 aliphatic carbocycles. The first-order valence-electron chi connectivity index (χ1n) is 7.80. The number of nitrogens with zero attached hydrogens (tertiary/aromatic N) is 1. The molecule has 9 nitrogen and oxygen atoms in total. The van der Waals surface area contributed by atoms with E-state index in [1.165, 1.54) is 6.08 Å². The fraction of sp³-hybridized carbons (Fsp3) is 0.294. The van der Waals surface area contributed by atoms with E-state index >= 15 is 0 Å². The van der Waals surface area contributed by atoms with Crippen LogP contribution in [0, 0.1) is 0 Å². The largest absolute Gasteiger partial charge is 0.490 e. The monoisotopic (exact) mass is 395 g/mol. The van der Waals surface area contributed by atoms with Crippen molar-refractivity contribution in [3.05, 3.63) is 28.7 Å². The zero-order chi connectivity index (χ0) is 20.0. The molecule has 1 fully saturated rings. The molecule has 1 aliphatic heterocycles. The smallest absolute Gasteiger partial charge is 0.341 e. The number of rotatable bonds is 8. The number of methoxy groups -OCH3 is 1. The molecular formula is C17H17NO8S. The normalized spacial score (nSPS) is 15.2. The second kappa shape index (κ2) is 9.08. The van der Waals surface area contributed by atoms with Crippen LogP contribution in [0.25, 0.3) is 6.08 Å². The van der Waals surface area contributed by atoms with Crippen LogP contribution in [0.1, 0.15) is 12.5 Å². The predicted molar refractivity (Wildman–Crippen MR) is 95.4 cm³/mol. The number of esters is 1. The second-order valence-corrected chi connectivity index (χ2v) is 6.13. The lowest BCUT2D eigenvalue weighted by atomic mass is 10.1. The van der Waals surface area contributed by atoms with Gasteiger partial charge >= 0.3 is 11.9 Å². The summed E-state index contributed by atoms with van der Waals surface area (Å²) in [4.78, 5) is 47.4. The van der Waals surface area contributed by atoms with E-state index in [2.05, 4.69) is 4.74 Å². The van der Waals surface area contributed by atoms with E-state index in [9.17, 15) is 19.2 Å². The molecule has 0 atom stereocenters. The summed E-state index contributed by atoms with van der Waals surface area (Å²) in [6.45, 7) is 0.989. The summed E-state index contributed by atoms with van der Waals surface area (Å²) in [5.74, 6) is -2.10. The molecular weight excluding hydrogens is 378 g/mol. The predicted octanol–water partition coefficient (Wildman–Crippen LogP) is 1.76. The minimum absolute atomic E-state index is 0.0673. The third-order valence-electron chi connectivity index (χ3n) is 3.32. The van der Waals surface area contributed by atoms with Crippen molar-refractivity contribution >= 4 is 40.9 Å². The number of carboxylic acid groups (broad SMARTS) is 1. The number of carbonyl (C=O) groups is 4. The number of thioether (sulfide) groups is 1. The Hall–Kier alpha value is -3.01. The number of carboxylic acids is 1. The zero-order valence-electron chi connectivity index (χ0n) is 14.6. The van der Waals surface area contributed by atoms with E-state index in [4.69, 9.17) is 14.6 Å². The van der Waals surface area contributed by atoms with Crippen molar-refractivity contribution in [2.45, 2.75) is 6.92 Å². The zero-order valence-corrected chi connectivity index (χ0v) is 15.4. The van der Waals surface area contributed by atoms with Crippen molar-refractivity contribution in [3.63, 3.8) is 0 Å². The molecule has 0 spiro atoms. The van der Waals surface area contributed by atoms with Gasteiger partial charge in [0, 0.05) is 5.56 Å². The van der Waals surface area contributed by atoms with Crippen molar-refractivity contribution < 1.29 is 38.5 Å². The number of hydrogen-bond acceptors (Lipinski definition) is 8. The van der Waals surface area contributed by atoms with Crippen molar-refractivity contribution in [2.24, 2.45) is 0 Å². The van der Waals surface area contributed by atoms with Gasteiger partial charge in [0.15, 0.2) is 18.1 Å². The van der Waals surface area contributed by atoms with Gasteiger partial charge in [-0.1, -0.05) is 12.1 Å². The molecule has 0 saturated carbocycles. The molecule has 10 heteroatoms. The Morgan fingerprint density at radius 1 is 1.26 bits per heavy atom. The first kappa shape index (κ1) is 20.3. The lowest BCUT2D eigenvalue weighted by molar-refractivity contribution is -0.143. The second-order valence-electron chi connectivity index (χ2n) is 5.13. The summed E-state index contributed by atoms with van der Waals surface area (Å²) in [7, 11) is 1.16. The number of para-hydroxylation sites is 1. The quantitative estimate of drug-likeness (QED) is 0.518. The molecule has 1 N–H and O–H groups in total. The highest BCUT2D eigenvalue weighted by Crippen LogP contribution is 2.37. The fourth-order valence-electron chi connectivity index (χ4n) is 2.18. The maximum Gasteiger partial charge on any atom is 0.341 e. The average Bonchev–Trinajstić information content (AvgIpc) is 2.88. The highest BCUT2D eigenvalue weighted by atomic mass is 32.2. The number of benzene rings is 1. The Labute approximate surface area is 158 Å². The summed E-state index contributed by atoms with van der Waals surface area (Å²) in [5, 5.41) is 8.25. The van der Waals surface area contributed by atoms with Crippen LogP contribution in [0.2, 0.25) is 0 Å². The topological polar surface area (TPSA) is 119 Å². The summed E-state index contributed by atoms with van der Waals surface area (Å²) in [6.07, 6.45) is 1.39.